The molecule has 0 saturated heterocycles. The first-order valence-corrected chi connectivity index (χ1v) is 11.6. The fourth-order valence-corrected chi connectivity index (χ4v) is 4.43. The lowest BCUT2D eigenvalue weighted by molar-refractivity contribution is -0.149. The van der Waals surface area contributed by atoms with Crippen molar-refractivity contribution >= 4 is 28.9 Å². The van der Waals surface area contributed by atoms with Crippen LogP contribution < -0.4 is 9.64 Å². The number of hydrogen-bond donors (Lipinski definition) is 1. The molecule has 3 rings (SSSR count). The minimum Gasteiger partial charge on any atom is -0.488 e. The molecule has 0 saturated carbocycles. The number of rotatable bonds is 10. The van der Waals surface area contributed by atoms with E-state index in [1.54, 1.807) is 37.1 Å². The van der Waals surface area contributed by atoms with E-state index in [0.717, 1.165) is 37.9 Å². The maximum atomic E-state index is 11.5. The Morgan fingerprint density at radius 1 is 1.09 bits per heavy atom. The van der Waals surface area contributed by atoms with Crippen LogP contribution in [0.4, 0.5) is 5.69 Å². The first-order valence-electron chi connectivity index (χ1n) is 10.8. The standard InChI is InChI=1S/C26H29NO5S/c1-5-31-23(26(29)30)15-19-6-12-22(13-7-19)32-16-25-17(2)14-24(33-25)20-8-10-21(11-9-20)27(4)18(3)28/h6-14,23H,5,15-16H2,1-4H3,(H,29,30). The van der Waals surface area contributed by atoms with Crippen LogP contribution >= 0.6 is 11.3 Å². The summed E-state index contributed by atoms with van der Waals surface area (Å²) in [5.74, 6) is -0.229. The highest BCUT2D eigenvalue weighted by atomic mass is 32.1. The van der Waals surface area contributed by atoms with Gasteiger partial charge in [0.2, 0.25) is 5.91 Å². The number of carboxylic acid groups (broad SMARTS) is 1. The van der Waals surface area contributed by atoms with Crippen LogP contribution in [0.2, 0.25) is 0 Å². The predicted octanol–water partition coefficient (Wildman–Crippen LogP) is 5.32. The van der Waals surface area contributed by atoms with Gasteiger partial charge < -0.3 is 19.5 Å². The number of carbonyl (C=O) groups excluding carboxylic acids is 1. The molecule has 1 N–H and O–H groups in total. The molecule has 0 aliphatic rings. The summed E-state index contributed by atoms with van der Waals surface area (Å²) in [4.78, 5) is 26.7. The Kier molecular flexibility index (Phi) is 8.25. The van der Waals surface area contributed by atoms with E-state index < -0.39 is 12.1 Å². The predicted molar refractivity (Wildman–Crippen MR) is 131 cm³/mol. The van der Waals surface area contributed by atoms with Crippen molar-refractivity contribution in [3.63, 3.8) is 0 Å². The number of aryl methyl sites for hydroxylation is 1. The van der Waals surface area contributed by atoms with Gasteiger partial charge in [-0.3, -0.25) is 4.79 Å². The maximum Gasteiger partial charge on any atom is 0.333 e. The van der Waals surface area contributed by atoms with Crippen LogP contribution in [-0.2, 0) is 27.4 Å². The molecule has 1 heterocycles. The largest absolute Gasteiger partial charge is 0.488 e. The number of aliphatic carboxylic acids is 1. The fraction of sp³-hybridized carbons (Fsp3) is 0.308. The van der Waals surface area contributed by atoms with Crippen LogP contribution in [0.25, 0.3) is 10.4 Å². The molecule has 2 aromatic carbocycles. The average molecular weight is 468 g/mol. The Hall–Kier alpha value is -3.16. The molecule has 1 atom stereocenters. The van der Waals surface area contributed by atoms with Gasteiger partial charge in [-0.15, -0.1) is 11.3 Å². The van der Waals surface area contributed by atoms with Crippen molar-refractivity contribution in [2.24, 2.45) is 0 Å². The van der Waals surface area contributed by atoms with Crippen molar-refractivity contribution in [1.82, 2.24) is 0 Å². The molecule has 1 aromatic heterocycles. The highest BCUT2D eigenvalue weighted by molar-refractivity contribution is 7.15. The van der Waals surface area contributed by atoms with E-state index in [4.69, 9.17) is 9.47 Å². The third-order valence-corrected chi connectivity index (χ3v) is 6.65. The van der Waals surface area contributed by atoms with Crippen molar-refractivity contribution in [3.8, 4) is 16.2 Å². The minimum absolute atomic E-state index is 0.00168. The zero-order valence-corrected chi connectivity index (χ0v) is 20.1. The lowest BCUT2D eigenvalue weighted by atomic mass is 10.1. The molecule has 33 heavy (non-hydrogen) atoms. The maximum absolute atomic E-state index is 11.5. The molecule has 1 unspecified atom stereocenters. The second-order valence-electron chi connectivity index (χ2n) is 7.76. The van der Waals surface area contributed by atoms with Crippen molar-refractivity contribution in [1.29, 1.82) is 0 Å². The summed E-state index contributed by atoms with van der Waals surface area (Å²) >= 11 is 1.69. The Morgan fingerprint density at radius 3 is 2.33 bits per heavy atom. The van der Waals surface area contributed by atoms with Crippen LogP contribution in [0.5, 0.6) is 5.75 Å². The van der Waals surface area contributed by atoms with Crippen molar-refractivity contribution < 1.29 is 24.2 Å². The van der Waals surface area contributed by atoms with E-state index >= 15 is 0 Å². The molecule has 6 nitrogen and oxygen atoms in total. The van der Waals surface area contributed by atoms with Gasteiger partial charge in [0.1, 0.15) is 12.4 Å². The summed E-state index contributed by atoms with van der Waals surface area (Å²) in [6.45, 7) is 6.22. The molecule has 0 fully saturated rings. The van der Waals surface area contributed by atoms with E-state index in [2.05, 4.69) is 13.0 Å². The Balaban J connectivity index is 1.62. The molecule has 7 heteroatoms. The summed E-state index contributed by atoms with van der Waals surface area (Å²) in [5.41, 5.74) is 4.01. The van der Waals surface area contributed by atoms with Crippen LogP contribution in [0.1, 0.15) is 29.9 Å². The van der Waals surface area contributed by atoms with Crippen LogP contribution in [0.3, 0.4) is 0 Å². The van der Waals surface area contributed by atoms with Gasteiger partial charge in [-0.05, 0) is 60.9 Å². The zero-order valence-electron chi connectivity index (χ0n) is 19.3. The molecular weight excluding hydrogens is 438 g/mol. The summed E-state index contributed by atoms with van der Waals surface area (Å²) in [6, 6.07) is 17.5. The van der Waals surface area contributed by atoms with E-state index in [1.807, 2.05) is 48.5 Å². The second-order valence-corrected chi connectivity index (χ2v) is 8.90. The molecular formula is C26H29NO5S. The number of carbonyl (C=O) groups is 2. The lowest BCUT2D eigenvalue weighted by Gasteiger charge is -2.14. The van der Waals surface area contributed by atoms with Crippen molar-refractivity contribution in [3.05, 3.63) is 70.6 Å². The summed E-state index contributed by atoms with van der Waals surface area (Å²) < 4.78 is 11.2. The number of amides is 1. The van der Waals surface area contributed by atoms with Gasteiger partial charge in [0.05, 0.1) is 0 Å². The van der Waals surface area contributed by atoms with Gasteiger partial charge >= 0.3 is 5.97 Å². The minimum atomic E-state index is -0.957. The third kappa shape index (κ3) is 6.43. The average Bonchev–Trinajstić information content (AvgIpc) is 3.18. The van der Waals surface area contributed by atoms with E-state index in [9.17, 15) is 14.7 Å². The number of carboxylic acids is 1. The quantitative estimate of drug-likeness (QED) is 0.437. The molecule has 0 aliphatic heterocycles. The van der Waals surface area contributed by atoms with Gasteiger partial charge in [-0.25, -0.2) is 4.79 Å². The van der Waals surface area contributed by atoms with Crippen molar-refractivity contribution in [2.45, 2.75) is 39.9 Å². The Bertz CT molecular complexity index is 1090. The van der Waals surface area contributed by atoms with Gasteiger partial charge in [-0.2, -0.15) is 0 Å². The Labute approximate surface area is 198 Å². The number of nitrogens with zero attached hydrogens (tertiary/aromatic N) is 1. The number of ether oxygens (including phenoxy) is 2. The number of anilines is 1. The molecule has 0 aliphatic carbocycles. The molecule has 3 aromatic rings. The first-order chi connectivity index (χ1) is 15.8. The van der Waals surface area contributed by atoms with Gasteiger partial charge in [0.25, 0.3) is 0 Å². The molecule has 174 valence electrons. The SMILES string of the molecule is CCOC(Cc1ccc(OCc2sc(-c3ccc(N(C)C(C)=O)cc3)cc2C)cc1)C(=O)O. The highest BCUT2D eigenvalue weighted by Crippen LogP contribution is 2.33. The van der Waals surface area contributed by atoms with Gasteiger partial charge in [0.15, 0.2) is 6.10 Å². The summed E-state index contributed by atoms with van der Waals surface area (Å²) in [6.07, 6.45) is -0.524. The lowest BCUT2D eigenvalue weighted by Crippen LogP contribution is -2.26. The normalized spacial score (nSPS) is 11.8. The van der Waals surface area contributed by atoms with Crippen molar-refractivity contribution in [2.75, 3.05) is 18.6 Å². The van der Waals surface area contributed by atoms with E-state index in [0.29, 0.717) is 19.6 Å². The molecule has 0 spiro atoms. The number of benzene rings is 2. The summed E-state index contributed by atoms with van der Waals surface area (Å²) in [5, 5.41) is 9.24. The summed E-state index contributed by atoms with van der Waals surface area (Å²) in [7, 11) is 1.76. The van der Waals surface area contributed by atoms with Gasteiger partial charge in [-0.1, -0.05) is 24.3 Å². The van der Waals surface area contributed by atoms with Crippen LogP contribution in [-0.4, -0.2) is 36.7 Å². The van der Waals surface area contributed by atoms with Crippen LogP contribution in [0, 0.1) is 6.92 Å². The third-order valence-electron chi connectivity index (χ3n) is 5.39. The highest BCUT2D eigenvalue weighted by Gasteiger charge is 2.18. The van der Waals surface area contributed by atoms with E-state index in [-0.39, 0.29) is 5.91 Å². The monoisotopic (exact) mass is 467 g/mol. The zero-order chi connectivity index (χ0) is 24.0. The first kappa shape index (κ1) is 24.5. The Morgan fingerprint density at radius 2 is 1.76 bits per heavy atom. The topological polar surface area (TPSA) is 76.1 Å². The number of thiophene rings is 1. The molecule has 0 bridgehead atoms. The fourth-order valence-electron chi connectivity index (χ4n) is 3.34. The number of hydrogen-bond acceptors (Lipinski definition) is 5. The van der Waals surface area contributed by atoms with E-state index in [1.165, 1.54) is 0 Å². The van der Waals surface area contributed by atoms with Crippen LogP contribution in [0.15, 0.2) is 54.6 Å². The molecule has 0 radical (unpaired) electrons. The second kappa shape index (κ2) is 11.1. The molecule has 1 amide bonds. The van der Waals surface area contributed by atoms with Gasteiger partial charge in [0, 0.05) is 42.4 Å². The smallest absolute Gasteiger partial charge is 0.333 e.